The second-order valence-electron chi connectivity index (χ2n) is 5.51. The Morgan fingerprint density at radius 2 is 0.742 bits per heavy atom. The Morgan fingerprint density at radius 1 is 0.516 bits per heavy atom. The molecule has 161 valence electrons. The van der Waals surface area contributed by atoms with Gasteiger partial charge in [-0.2, -0.15) is 0 Å². The largest absolute Gasteiger partial charge is 3.00 e. The van der Waals surface area contributed by atoms with Gasteiger partial charge in [0.25, 0.3) is 0 Å². The number of aromatic hydroxyl groups is 3. The van der Waals surface area contributed by atoms with E-state index in [-0.39, 0.29) is 51.0 Å². The summed E-state index contributed by atoms with van der Waals surface area (Å²) in [5.74, 6) is -4.05. The molecule has 0 spiro atoms. The van der Waals surface area contributed by atoms with Gasteiger partial charge in [0.05, 0.1) is 17.9 Å². The Balaban J connectivity index is 0.000000429. The second kappa shape index (κ2) is 13.3. The second-order valence-corrected chi connectivity index (χ2v) is 5.51. The smallest absolute Gasteiger partial charge is 0.545 e. The molecule has 0 heterocycles. The maximum absolute atomic E-state index is 10.1. The normalized spacial score (nSPS) is 8.90. The first-order valence-corrected chi connectivity index (χ1v) is 8.11. The number of carboxylic acids is 3. The Hall–Kier alpha value is -4.01. The first-order chi connectivity index (χ1) is 14.1. The molecular formula is C21H15FeO9. The minimum absolute atomic E-state index is 0. The van der Waals surface area contributed by atoms with Crippen molar-refractivity contribution in [3.05, 3.63) is 89.5 Å². The van der Waals surface area contributed by atoms with Crippen LogP contribution in [0.5, 0.6) is 17.2 Å². The SMILES string of the molecule is O=C([O-])c1cccc(O)c1.O=C([O-])c1cccc(O)c1.O=C([O-])c1cccc(O)c1.[Fe+3]. The summed E-state index contributed by atoms with van der Waals surface area (Å²) in [6.45, 7) is 0. The summed E-state index contributed by atoms with van der Waals surface area (Å²) >= 11 is 0. The van der Waals surface area contributed by atoms with Crippen molar-refractivity contribution in [2.24, 2.45) is 0 Å². The van der Waals surface area contributed by atoms with Gasteiger partial charge in [0.15, 0.2) is 0 Å². The zero-order valence-corrected chi connectivity index (χ0v) is 16.7. The Kier molecular flexibility index (Phi) is 11.5. The van der Waals surface area contributed by atoms with Crippen molar-refractivity contribution in [2.45, 2.75) is 0 Å². The molecule has 3 rings (SSSR count). The molecule has 10 heteroatoms. The van der Waals surface area contributed by atoms with Gasteiger partial charge < -0.3 is 45.0 Å². The molecule has 0 saturated heterocycles. The number of aromatic carboxylic acids is 3. The molecule has 0 bridgehead atoms. The fourth-order valence-corrected chi connectivity index (χ4v) is 1.90. The minimum atomic E-state index is -1.28. The van der Waals surface area contributed by atoms with Gasteiger partial charge in [0.1, 0.15) is 17.2 Å². The molecule has 3 aromatic carbocycles. The maximum atomic E-state index is 10.1. The summed E-state index contributed by atoms with van der Waals surface area (Å²) < 4.78 is 0. The van der Waals surface area contributed by atoms with E-state index in [1.165, 1.54) is 54.6 Å². The average Bonchev–Trinajstić information content (AvgIpc) is 2.69. The van der Waals surface area contributed by atoms with Crippen LogP contribution in [0.3, 0.4) is 0 Å². The predicted octanol–water partition coefficient (Wildman–Crippen LogP) is -0.735. The van der Waals surface area contributed by atoms with Crippen LogP contribution in [0.4, 0.5) is 0 Å². The van der Waals surface area contributed by atoms with Gasteiger partial charge in [-0.3, -0.25) is 0 Å². The zero-order valence-electron chi connectivity index (χ0n) is 15.6. The summed E-state index contributed by atoms with van der Waals surface area (Å²) in [6, 6.07) is 16.0. The number of hydrogen-bond acceptors (Lipinski definition) is 9. The number of carbonyl (C=O) groups is 3. The van der Waals surface area contributed by atoms with E-state index in [1.807, 2.05) is 0 Å². The number of carbonyl (C=O) groups excluding carboxylic acids is 3. The van der Waals surface area contributed by atoms with Crippen LogP contribution < -0.4 is 15.3 Å². The molecule has 0 aliphatic rings. The first kappa shape index (κ1) is 27.0. The molecule has 0 amide bonds. The number of hydrogen-bond donors (Lipinski definition) is 3. The standard InChI is InChI=1S/3C7H6O3.Fe/c3*8-6-3-1-2-5(4-6)7(9)10;/h3*1-4,8H,(H,9,10);/q;;;+3/p-3. The number of carboxylic acid groups (broad SMARTS) is 3. The Morgan fingerprint density at radius 3 is 0.871 bits per heavy atom. The van der Waals surface area contributed by atoms with Crippen molar-refractivity contribution >= 4 is 17.9 Å². The number of rotatable bonds is 3. The van der Waals surface area contributed by atoms with Crippen molar-refractivity contribution in [2.75, 3.05) is 0 Å². The van der Waals surface area contributed by atoms with Gasteiger partial charge in [0.2, 0.25) is 0 Å². The third-order valence-electron chi connectivity index (χ3n) is 3.25. The van der Waals surface area contributed by atoms with Crippen LogP contribution >= 0.6 is 0 Å². The molecule has 3 aromatic rings. The third kappa shape index (κ3) is 10.4. The van der Waals surface area contributed by atoms with Gasteiger partial charge in [-0.1, -0.05) is 36.4 Å². The van der Waals surface area contributed by atoms with Gasteiger partial charge in [0, 0.05) is 16.7 Å². The molecule has 0 atom stereocenters. The molecule has 1 radical (unpaired) electrons. The third-order valence-corrected chi connectivity index (χ3v) is 3.25. The fraction of sp³-hybridized carbons (Fsp3) is 0. The van der Waals surface area contributed by atoms with Crippen LogP contribution in [0.2, 0.25) is 0 Å². The van der Waals surface area contributed by atoms with Crippen molar-refractivity contribution in [1.29, 1.82) is 0 Å². The topological polar surface area (TPSA) is 181 Å². The Bertz CT molecular complexity index is 903. The number of benzene rings is 3. The summed E-state index contributed by atoms with van der Waals surface area (Å²) in [5.41, 5.74) is -0.0417. The van der Waals surface area contributed by atoms with Gasteiger partial charge in [-0.05, 0) is 36.4 Å². The predicted molar refractivity (Wildman–Crippen MR) is 97.3 cm³/mol. The first-order valence-electron chi connectivity index (χ1n) is 8.11. The summed E-state index contributed by atoms with van der Waals surface area (Å²) in [6.07, 6.45) is 0. The van der Waals surface area contributed by atoms with Gasteiger partial charge in [-0.25, -0.2) is 0 Å². The Labute approximate surface area is 186 Å². The van der Waals surface area contributed by atoms with Crippen molar-refractivity contribution in [3.8, 4) is 17.2 Å². The van der Waals surface area contributed by atoms with E-state index in [4.69, 9.17) is 15.3 Å². The molecule has 0 aromatic heterocycles. The quantitative estimate of drug-likeness (QED) is 0.418. The maximum Gasteiger partial charge on any atom is 3.00 e. The molecule has 9 nitrogen and oxygen atoms in total. The minimum Gasteiger partial charge on any atom is -0.545 e. The van der Waals surface area contributed by atoms with Crippen molar-refractivity contribution in [3.63, 3.8) is 0 Å². The van der Waals surface area contributed by atoms with E-state index in [9.17, 15) is 29.7 Å². The molecular weight excluding hydrogens is 452 g/mol. The van der Waals surface area contributed by atoms with E-state index in [0.717, 1.165) is 18.2 Å². The van der Waals surface area contributed by atoms with Gasteiger partial charge >= 0.3 is 17.1 Å². The van der Waals surface area contributed by atoms with Crippen LogP contribution in [0, 0.1) is 0 Å². The average molecular weight is 467 g/mol. The van der Waals surface area contributed by atoms with Crippen LogP contribution in [0.15, 0.2) is 72.8 Å². The number of phenols is 3. The molecule has 0 aliphatic carbocycles. The number of phenolic OH excluding ortho intramolecular Hbond substituents is 3. The molecule has 0 fully saturated rings. The van der Waals surface area contributed by atoms with E-state index in [1.54, 1.807) is 0 Å². The van der Waals surface area contributed by atoms with Crippen LogP contribution in [-0.2, 0) is 17.1 Å². The molecule has 0 aliphatic heterocycles. The molecule has 31 heavy (non-hydrogen) atoms. The summed E-state index contributed by atoms with van der Waals surface area (Å²) in [7, 11) is 0. The van der Waals surface area contributed by atoms with Gasteiger partial charge in [-0.15, -0.1) is 0 Å². The molecule has 0 unspecified atom stereocenters. The van der Waals surface area contributed by atoms with E-state index < -0.39 is 17.9 Å². The van der Waals surface area contributed by atoms with Crippen LogP contribution in [0.25, 0.3) is 0 Å². The molecule has 3 N–H and O–H groups in total. The summed E-state index contributed by atoms with van der Waals surface area (Å²) in [5, 5.41) is 56.7. The molecule has 0 saturated carbocycles. The van der Waals surface area contributed by atoms with Crippen molar-refractivity contribution < 1.29 is 62.1 Å². The zero-order chi connectivity index (χ0) is 22.7. The van der Waals surface area contributed by atoms with E-state index in [0.29, 0.717) is 0 Å². The summed E-state index contributed by atoms with van der Waals surface area (Å²) in [4.78, 5) is 30.4. The van der Waals surface area contributed by atoms with E-state index in [2.05, 4.69) is 0 Å². The van der Waals surface area contributed by atoms with E-state index >= 15 is 0 Å². The fourth-order valence-electron chi connectivity index (χ4n) is 1.90. The van der Waals surface area contributed by atoms with Crippen LogP contribution in [0.1, 0.15) is 31.1 Å². The monoisotopic (exact) mass is 467 g/mol. The van der Waals surface area contributed by atoms with Crippen LogP contribution in [-0.4, -0.2) is 33.2 Å². The van der Waals surface area contributed by atoms with Crippen molar-refractivity contribution in [1.82, 2.24) is 0 Å².